The van der Waals surface area contributed by atoms with Crippen molar-refractivity contribution in [1.82, 2.24) is 0 Å². The molecule has 0 aliphatic heterocycles. The molecule has 2 aromatic rings. The summed E-state index contributed by atoms with van der Waals surface area (Å²) in [4.78, 5) is 11.0. The topological polar surface area (TPSA) is 66.8 Å². The molecule has 0 radical (unpaired) electrons. The molecular formula is C16H18O4S. The molecule has 2 rings (SSSR count). The van der Waals surface area contributed by atoms with Gasteiger partial charge in [-0.25, -0.2) is 0 Å². The van der Waals surface area contributed by atoms with Gasteiger partial charge < -0.3 is 14.9 Å². The summed E-state index contributed by atoms with van der Waals surface area (Å²) in [6.45, 7) is 1.43. The number of benzene rings is 2. The van der Waals surface area contributed by atoms with Gasteiger partial charge in [0.1, 0.15) is 11.9 Å². The summed E-state index contributed by atoms with van der Waals surface area (Å²) < 4.78 is 5.31. The molecular weight excluding hydrogens is 288 g/mol. The van der Waals surface area contributed by atoms with Crippen molar-refractivity contribution in [1.29, 1.82) is 0 Å². The Balaban J connectivity index is 2.40. The molecule has 2 aromatic carbocycles. The second-order valence-corrected chi connectivity index (χ2v) is 5.91. The van der Waals surface area contributed by atoms with Crippen LogP contribution in [0.3, 0.4) is 0 Å². The quantitative estimate of drug-likeness (QED) is 0.888. The molecule has 0 amide bonds. The second-order valence-electron chi connectivity index (χ2n) is 4.72. The fourth-order valence-corrected chi connectivity index (χ4v) is 2.83. The van der Waals surface area contributed by atoms with Crippen LogP contribution in [0.2, 0.25) is 0 Å². The Morgan fingerprint density at radius 3 is 2.62 bits per heavy atom. The van der Waals surface area contributed by atoms with Gasteiger partial charge in [0.2, 0.25) is 0 Å². The minimum Gasteiger partial charge on any atom is -0.496 e. The van der Waals surface area contributed by atoms with Crippen LogP contribution in [0.5, 0.6) is 5.75 Å². The number of aliphatic hydroxyl groups excluding tert-OH is 2. The monoisotopic (exact) mass is 306 g/mol. The van der Waals surface area contributed by atoms with E-state index < -0.39 is 12.2 Å². The minimum atomic E-state index is -1.11. The summed E-state index contributed by atoms with van der Waals surface area (Å²) >= 11 is 0.991. The smallest absolute Gasteiger partial charge is 0.185 e. The van der Waals surface area contributed by atoms with Crippen molar-refractivity contribution >= 4 is 27.6 Å². The van der Waals surface area contributed by atoms with E-state index >= 15 is 0 Å². The number of carbonyl (C=O) groups excluding carboxylic acids is 1. The van der Waals surface area contributed by atoms with Gasteiger partial charge in [0, 0.05) is 18.2 Å². The van der Waals surface area contributed by atoms with Gasteiger partial charge in [-0.05, 0) is 16.8 Å². The van der Waals surface area contributed by atoms with Gasteiger partial charge in [-0.2, -0.15) is 0 Å². The van der Waals surface area contributed by atoms with Crippen molar-refractivity contribution < 1.29 is 19.7 Å². The lowest BCUT2D eigenvalue weighted by atomic mass is 9.97. The predicted octanol–water partition coefficient (Wildman–Crippen LogP) is 2.52. The Morgan fingerprint density at radius 1 is 1.24 bits per heavy atom. The molecule has 112 valence electrons. The number of ether oxygens (including phenoxy) is 1. The van der Waals surface area contributed by atoms with E-state index in [1.54, 1.807) is 6.07 Å². The number of hydrogen-bond donors (Lipinski definition) is 2. The SMILES string of the molecule is COc1ccc2ccccc2c1C(O)C(O)CSC(C)=O. The van der Waals surface area contributed by atoms with Gasteiger partial charge in [0.05, 0.1) is 13.2 Å². The molecule has 2 N–H and O–H groups in total. The Bertz CT molecular complexity index is 641. The van der Waals surface area contributed by atoms with Crippen molar-refractivity contribution in [3.63, 3.8) is 0 Å². The molecule has 0 fully saturated rings. The summed E-state index contributed by atoms with van der Waals surface area (Å²) in [6.07, 6.45) is -2.16. The van der Waals surface area contributed by atoms with Gasteiger partial charge in [-0.1, -0.05) is 42.1 Å². The zero-order valence-corrected chi connectivity index (χ0v) is 12.8. The van der Waals surface area contributed by atoms with E-state index in [2.05, 4.69) is 0 Å². The third-order valence-electron chi connectivity index (χ3n) is 3.27. The van der Waals surface area contributed by atoms with Gasteiger partial charge in [-0.3, -0.25) is 4.79 Å². The highest BCUT2D eigenvalue weighted by atomic mass is 32.2. The van der Waals surface area contributed by atoms with Crippen LogP contribution < -0.4 is 4.74 Å². The Kier molecular flexibility index (Phi) is 5.22. The number of aliphatic hydroxyl groups is 2. The largest absolute Gasteiger partial charge is 0.496 e. The van der Waals surface area contributed by atoms with Crippen LogP contribution in [-0.4, -0.2) is 34.3 Å². The average molecular weight is 306 g/mol. The van der Waals surface area contributed by atoms with E-state index in [1.807, 2.05) is 30.3 Å². The van der Waals surface area contributed by atoms with Crippen LogP contribution in [0.25, 0.3) is 10.8 Å². The van der Waals surface area contributed by atoms with E-state index in [4.69, 9.17) is 4.74 Å². The van der Waals surface area contributed by atoms with Crippen LogP contribution in [0.15, 0.2) is 36.4 Å². The predicted molar refractivity (Wildman–Crippen MR) is 84.6 cm³/mol. The first kappa shape index (κ1) is 15.8. The molecule has 0 aliphatic rings. The molecule has 4 nitrogen and oxygen atoms in total. The summed E-state index contributed by atoms with van der Waals surface area (Å²) in [5.74, 6) is 0.663. The Labute approximate surface area is 127 Å². The summed E-state index contributed by atoms with van der Waals surface area (Å²) in [7, 11) is 1.52. The van der Waals surface area contributed by atoms with Gasteiger partial charge >= 0.3 is 0 Å². The fourth-order valence-electron chi connectivity index (χ4n) is 2.24. The van der Waals surface area contributed by atoms with Crippen LogP contribution in [-0.2, 0) is 4.79 Å². The second kappa shape index (κ2) is 6.93. The van der Waals surface area contributed by atoms with E-state index in [1.165, 1.54) is 14.0 Å². The zero-order chi connectivity index (χ0) is 15.4. The van der Waals surface area contributed by atoms with Crippen LogP contribution in [0.1, 0.15) is 18.6 Å². The maximum Gasteiger partial charge on any atom is 0.185 e. The highest BCUT2D eigenvalue weighted by Crippen LogP contribution is 2.35. The molecule has 0 aromatic heterocycles. The molecule has 2 atom stereocenters. The molecule has 21 heavy (non-hydrogen) atoms. The summed E-state index contributed by atoms with van der Waals surface area (Å²) in [6, 6.07) is 11.3. The van der Waals surface area contributed by atoms with Crippen LogP contribution >= 0.6 is 11.8 Å². The van der Waals surface area contributed by atoms with Gasteiger partial charge in [-0.15, -0.1) is 0 Å². The molecule has 2 unspecified atom stereocenters. The van der Waals surface area contributed by atoms with Crippen LogP contribution in [0, 0.1) is 0 Å². The number of thioether (sulfide) groups is 1. The van der Waals surface area contributed by atoms with Gasteiger partial charge in [0.15, 0.2) is 5.12 Å². The highest BCUT2D eigenvalue weighted by Gasteiger charge is 2.24. The number of hydrogen-bond acceptors (Lipinski definition) is 5. The Morgan fingerprint density at radius 2 is 1.95 bits per heavy atom. The van der Waals surface area contributed by atoms with E-state index in [-0.39, 0.29) is 10.9 Å². The standard InChI is InChI=1S/C16H18O4S/c1-10(17)21-9-13(18)16(19)15-12-6-4-3-5-11(12)7-8-14(15)20-2/h3-8,13,16,18-19H,9H2,1-2H3. The van der Waals surface area contributed by atoms with Crippen molar-refractivity contribution in [3.8, 4) is 5.75 Å². The average Bonchev–Trinajstić information content (AvgIpc) is 2.50. The molecule has 0 aliphatic carbocycles. The van der Waals surface area contributed by atoms with Gasteiger partial charge in [0.25, 0.3) is 0 Å². The maximum absolute atomic E-state index is 11.0. The highest BCUT2D eigenvalue weighted by molar-refractivity contribution is 8.13. The molecule has 0 heterocycles. The number of fused-ring (bicyclic) bond motifs is 1. The number of rotatable bonds is 5. The van der Waals surface area contributed by atoms with Crippen molar-refractivity contribution in [2.75, 3.05) is 12.9 Å². The van der Waals surface area contributed by atoms with Crippen molar-refractivity contribution in [3.05, 3.63) is 42.0 Å². The molecule has 0 bridgehead atoms. The summed E-state index contributed by atoms with van der Waals surface area (Å²) in [5, 5.41) is 22.3. The first-order valence-corrected chi connectivity index (χ1v) is 7.58. The number of methoxy groups -OCH3 is 1. The number of carbonyl (C=O) groups is 1. The van der Waals surface area contributed by atoms with Crippen LogP contribution in [0.4, 0.5) is 0 Å². The maximum atomic E-state index is 11.0. The van der Waals surface area contributed by atoms with Crippen molar-refractivity contribution in [2.45, 2.75) is 19.1 Å². The van der Waals surface area contributed by atoms with E-state index in [0.29, 0.717) is 11.3 Å². The lowest BCUT2D eigenvalue weighted by Gasteiger charge is -2.21. The van der Waals surface area contributed by atoms with Crippen molar-refractivity contribution in [2.24, 2.45) is 0 Å². The lowest BCUT2D eigenvalue weighted by molar-refractivity contribution is -0.109. The molecule has 0 saturated carbocycles. The normalized spacial score (nSPS) is 13.9. The third kappa shape index (κ3) is 3.56. The van der Waals surface area contributed by atoms with E-state index in [9.17, 15) is 15.0 Å². The third-order valence-corrected chi connectivity index (χ3v) is 4.18. The molecule has 0 saturated heterocycles. The van der Waals surface area contributed by atoms with E-state index in [0.717, 1.165) is 22.5 Å². The summed E-state index contributed by atoms with van der Waals surface area (Å²) in [5.41, 5.74) is 0.548. The molecule has 0 spiro atoms. The fraction of sp³-hybridized carbons (Fsp3) is 0.312. The lowest BCUT2D eigenvalue weighted by Crippen LogP contribution is -2.22. The minimum absolute atomic E-state index is 0.0915. The molecule has 5 heteroatoms. The first-order valence-electron chi connectivity index (χ1n) is 6.59. The zero-order valence-electron chi connectivity index (χ0n) is 11.9. The first-order chi connectivity index (χ1) is 10.0. The Hall–Kier alpha value is -1.56.